The van der Waals surface area contributed by atoms with Gasteiger partial charge in [-0.1, -0.05) is 29.3 Å². The van der Waals surface area contributed by atoms with Gasteiger partial charge in [0.2, 0.25) is 0 Å². The highest BCUT2D eigenvalue weighted by Crippen LogP contribution is 2.28. The number of hydrogen-bond donors (Lipinski definition) is 2. The molecule has 24 heavy (non-hydrogen) atoms. The Hall–Kier alpha value is -2.44. The molecule has 0 aliphatic carbocycles. The van der Waals surface area contributed by atoms with E-state index in [0.29, 0.717) is 27.1 Å². The van der Waals surface area contributed by atoms with Crippen LogP contribution < -0.4 is 14.9 Å². The molecule has 0 fully saturated rings. The van der Waals surface area contributed by atoms with E-state index in [4.69, 9.17) is 32.7 Å². The van der Waals surface area contributed by atoms with Crippen LogP contribution in [0.5, 0.6) is 17.2 Å². The summed E-state index contributed by atoms with van der Waals surface area (Å²) in [6.45, 7) is -0.275. The highest BCUT2D eigenvalue weighted by atomic mass is 35.5. The first kappa shape index (κ1) is 17.9. The quantitative estimate of drug-likeness (QED) is 0.605. The number of nitrogens with zero attached hydrogens (tertiary/aromatic N) is 1. The predicted octanol–water partition coefficient (Wildman–Crippen LogP) is 3.24. The molecule has 0 atom stereocenters. The highest BCUT2D eigenvalue weighted by molar-refractivity contribution is 6.35. The summed E-state index contributed by atoms with van der Waals surface area (Å²) in [4.78, 5) is 11.7. The van der Waals surface area contributed by atoms with E-state index < -0.39 is 5.91 Å². The number of rotatable bonds is 6. The summed E-state index contributed by atoms with van der Waals surface area (Å²) in [6, 6.07) is 9.60. The second-order valence-corrected chi connectivity index (χ2v) is 5.40. The number of nitrogens with one attached hydrogen (secondary N) is 1. The number of hydrazone groups is 1. The maximum absolute atomic E-state index is 11.7. The summed E-state index contributed by atoms with van der Waals surface area (Å²) in [6.07, 6.45) is 1.30. The van der Waals surface area contributed by atoms with Crippen molar-refractivity contribution in [3.05, 3.63) is 52.0 Å². The Morgan fingerprint density at radius 1 is 1.29 bits per heavy atom. The smallest absolute Gasteiger partial charge is 0.277 e. The highest BCUT2D eigenvalue weighted by Gasteiger charge is 2.07. The molecule has 0 aromatic heterocycles. The van der Waals surface area contributed by atoms with Crippen LogP contribution in [0.15, 0.2) is 41.5 Å². The fraction of sp³-hybridized carbons (Fsp3) is 0.125. The monoisotopic (exact) mass is 368 g/mol. The molecule has 0 aliphatic rings. The van der Waals surface area contributed by atoms with Gasteiger partial charge in [0.25, 0.3) is 5.91 Å². The summed E-state index contributed by atoms with van der Waals surface area (Å²) in [5.74, 6) is 0.0958. The van der Waals surface area contributed by atoms with Gasteiger partial charge in [-0.15, -0.1) is 0 Å². The Bertz CT molecular complexity index is 766. The van der Waals surface area contributed by atoms with E-state index in [2.05, 4.69) is 10.5 Å². The minimum atomic E-state index is -0.486. The number of halogens is 2. The van der Waals surface area contributed by atoms with E-state index in [-0.39, 0.29) is 12.4 Å². The van der Waals surface area contributed by atoms with Gasteiger partial charge in [-0.2, -0.15) is 5.10 Å². The zero-order valence-corrected chi connectivity index (χ0v) is 14.1. The van der Waals surface area contributed by atoms with Gasteiger partial charge in [0.1, 0.15) is 5.75 Å². The minimum Gasteiger partial charge on any atom is -0.504 e. The second-order valence-electron chi connectivity index (χ2n) is 4.55. The standard InChI is InChI=1S/C16H14Cl2N2O4/c1-23-14-4-2-3-10(16(14)22)8-19-20-15(21)9-24-13-6-5-11(17)7-12(13)18/h2-8,22H,9H2,1H3,(H,20,21)/b19-8-. The Labute approximate surface area is 148 Å². The lowest BCUT2D eigenvalue weighted by atomic mass is 10.2. The van der Waals surface area contributed by atoms with Crippen LogP contribution >= 0.6 is 23.2 Å². The second kappa shape index (κ2) is 8.42. The van der Waals surface area contributed by atoms with E-state index in [1.807, 2.05) is 0 Å². The van der Waals surface area contributed by atoms with Crippen molar-refractivity contribution in [1.29, 1.82) is 0 Å². The summed E-state index contributed by atoms with van der Waals surface area (Å²) >= 11 is 11.7. The van der Waals surface area contributed by atoms with E-state index in [0.717, 1.165) is 0 Å². The van der Waals surface area contributed by atoms with Gasteiger partial charge in [-0.3, -0.25) is 4.79 Å². The number of benzene rings is 2. The van der Waals surface area contributed by atoms with E-state index in [1.165, 1.54) is 19.4 Å². The molecule has 1 amide bonds. The number of methoxy groups -OCH3 is 1. The molecule has 2 aromatic carbocycles. The van der Waals surface area contributed by atoms with Crippen LogP contribution in [0.3, 0.4) is 0 Å². The van der Waals surface area contributed by atoms with E-state index in [9.17, 15) is 9.90 Å². The fourth-order valence-electron chi connectivity index (χ4n) is 1.75. The average Bonchev–Trinajstić information content (AvgIpc) is 2.55. The molecule has 0 unspecified atom stereocenters. The van der Waals surface area contributed by atoms with Gasteiger partial charge in [-0.25, -0.2) is 5.43 Å². The number of phenols is 1. The van der Waals surface area contributed by atoms with Gasteiger partial charge >= 0.3 is 0 Å². The minimum absolute atomic E-state index is 0.0674. The molecule has 0 saturated carbocycles. The molecule has 8 heteroatoms. The van der Waals surface area contributed by atoms with Crippen molar-refractivity contribution in [1.82, 2.24) is 5.43 Å². The predicted molar refractivity (Wildman–Crippen MR) is 92.4 cm³/mol. The van der Waals surface area contributed by atoms with Crippen molar-refractivity contribution < 1.29 is 19.4 Å². The first-order valence-corrected chi connectivity index (χ1v) is 7.52. The van der Waals surface area contributed by atoms with Gasteiger partial charge in [0.05, 0.1) is 18.3 Å². The van der Waals surface area contributed by atoms with Gasteiger partial charge in [-0.05, 0) is 30.3 Å². The number of hydrogen-bond acceptors (Lipinski definition) is 5. The van der Waals surface area contributed by atoms with Gasteiger partial charge in [0.15, 0.2) is 18.1 Å². The number of carbonyl (C=O) groups excluding carboxylic acids is 1. The first-order chi connectivity index (χ1) is 11.5. The van der Waals surface area contributed by atoms with Crippen molar-refractivity contribution in [3.8, 4) is 17.2 Å². The normalized spacial score (nSPS) is 10.6. The summed E-state index contributed by atoms with van der Waals surface area (Å²) in [7, 11) is 1.44. The van der Waals surface area contributed by atoms with E-state index >= 15 is 0 Å². The topological polar surface area (TPSA) is 80.2 Å². The third-order valence-electron chi connectivity index (χ3n) is 2.90. The van der Waals surface area contributed by atoms with Crippen LogP contribution in [0, 0.1) is 0 Å². The number of phenolic OH excluding ortho intramolecular Hbond substituents is 1. The maximum atomic E-state index is 11.7. The molecular formula is C16H14Cl2N2O4. The largest absolute Gasteiger partial charge is 0.504 e. The molecule has 2 N–H and O–H groups in total. The molecule has 0 bridgehead atoms. The lowest BCUT2D eigenvalue weighted by Gasteiger charge is -2.07. The SMILES string of the molecule is COc1cccc(/C=N\NC(=O)COc2ccc(Cl)cc2Cl)c1O. The zero-order valence-electron chi connectivity index (χ0n) is 12.6. The van der Waals surface area contributed by atoms with Gasteiger partial charge in [0, 0.05) is 10.6 Å². The molecule has 2 rings (SSSR count). The molecule has 2 aromatic rings. The van der Waals surface area contributed by atoms with Gasteiger partial charge < -0.3 is 14.6 Å². The molecule has 0 aliphatic heterocycles. The number of amides is 1. The molecular weight excluding hydrogens is 355 g/mol. The van der Waals surface area contributed by atoms with Crippen LogP contribution in [0.4, 0.5) is 0 Å². The summed E-state index contributed by atoms with van der Waals surface area (Å²) < 4.78 is 10.2. The summed E-state index contributed by atoms with van der Waals surface area (Å²) in [5.41, 5.74) is 2.68. The van der Waals surface area contributed by atoms with E-state index in [1.54, 1.807) is 30.3 Å². The number of para-hydroxylation sites is 1. The number of ether oxygens (including phenoxy) is 2. The van der Waals surface area contributed by atoms with Crippen LogP contribution in [-0.4, -0.2) is 30.9 Å². The van der Waals surface area contributed by atoms with Crippen LogP contribution in [0.2, 0.25) is 10.0 Å². The lowest BCUT2D eigenvalue weighted by Crippen LogP contribution is -2.24. The third kappa shape index (κ3) is 4.78. The zero-order chi connectivity index (χ0) is 17.5. The third-order valence-corrected chi connectivity index (χ3v) is 3.43. The molecule has 0 heterocycles. The van der Waals surface area contributed by atoms with Crippen molar-refractivity contribution in [2.24, 2.45) is 5.10 Å². The fourth-order valence-corrected chi connectivity index (χ4v) is 2.21. The van der Waals surface area contributed by atoms with Crippen molar-refractivity contribution in [2.45, 2.75) is 0 Å². The Balaban J connectivity index is 1.89. The first-order valence-electron chi connectivity index (χ1n) is 6.77. The molecule has 126 valence electrons. The molecule has 0 saturated heterocycles. The van der Waals surface area contributed by atoms with Crippen molar-refractivity contribution in [2.75, 3.05) is 13.7 Å². The summed E-state index contributed by atoms with van der Waals surface area (Å²) in [5, 5.41) is 14.4. The molecule has 0 radical (unpaired) electrons. The van der Waals surface area contributed by atoms with Crippen LogP contribution in [0.25, 0.3) is 0 Å². The Morgan fingerprint density at radius 2 is 2.08 bits per heavy atom. The van der Waals surface area contributed by atoms with Crippen molar-refractivity contribution in [3.63, 3.8) is 0 Å². The Kier molecular flexibility index (Phi) is 6.28. The van der Waals surface area contributed by atoms with Crippen molar-refractivity contribution >= 4 is 35.3 Å². The Morgan fingerprint density at radius 3 is 2.79 bits per heavy atom. The number of aromatic hydroxyl groups is 1. The number of carbonyl (C=O) groups is 1. The molecule has 6 nitrogen and oxygen atoms in total. The average molecular weight is 369 g/mol. The lowest BCUT2D eigenvalue weighted by molar-refractivity contribution is -0.123. The van der Waals surface area contributed by atoms with Crippen LogP contribution in [0.1, 0.15) is 5.56 Å². The molecule has 0 spiro atoms. The van der Waals surface area contributed by atoms with Crippen LogP contribution in [-0.2, 0) is 4.79 Å². The maximum Gasteiger partial charge on any atom is 0.277 e.